The zero-order chi connectivity index (χ0) is 21.5. The predicted octanol–water partition coefficient (Wildman–Crippen LogP) is 4.80. The van der Waals surface area contributed by atoms with Crippen molar-refractivity contribution in [2.24, 2.45) is 5.92 Å². The summed E-state index contributed by atoms with van der Waals surface area (Å²) in [6.45, 7) is 4.25. The van der Waals surface area contributed by atoms with E-state index in [-0.39, 0.29) is 17.7 Å². The summed E-state index contributed by atoms with van der Waals surface area (Å²) in [6.07, 6.45) is 5.63. The summed E-state index contributed by atoms with van der Waals surface area (Å²) in [6, 6.07) is 17.1. The predicted molar refractivity (Wildman–Crippen MR) is 120 cm³/mol. The maximum Gasteiger partial charge on any atom is 0.248 e. The van der Waals surface area contributed by atoms with Gasteiger partial charge in [-0.15, -0.1) is 0 Å². The third-order valence-corrected chi connectivity index (χ3v) is 4.62. The molecule has 2 N–H and O–H groups in total. The average Bonchev–Trinajstić information content (AvgIpc) is 3.08. The number of aryl methyl sites for hydroxylation is 1. The second-order valence-corrected chi connectivity index (χ2v) is 7.25. The lowest BCUT2D eigenvalue weighted by Crippen LogP contribution is -2.17. The van der Waals surface area contributed by atoms with Crippen LogP contribution in [0, 0.1) is 17.2 Å². The minimum atomic E-state index is -0.267. The van der Waals surface area contributed by atoms with Crippen LogP contribution in [0.2, 0.25) is 0 Å². The van der Waals surface area contributed by atoms with E-state index in [1.165, 1.54) is 6.08 Å². The molecule has 0 unspecified atom stereocenters. The summed E-state index contributed by atoms with van der Waals surface area (Å²) >= 11 is 0. The molecule has 0 aliphatic heterocycles. The molecule has 3 rings (SSSR count). The fraction of sp³-hybridized carbons (Fsp3) is 0.208. The number of anilines is 2. The first-order chi connectivity index (χ1) is 14.5. The van der Waals surface area contributed by atoms with Gasteiger partial charge in [0.05, 0.1) is 12.5 Å². The summed E-state index contributed by atoms with van der Waals surface area (Å²) in [5.41, 5.74) is 3.18. The number of hydrogen-bond acceptors (Lipinski definition) is 3. The molecule has 0 radical (unpaired) electrons. The number of aromatic nitrogens is 1. The van der Waals surface area contributed by atoms with E-state index in [2.05, 4.69) is 16.7 Å². The minimum Gasteiger partial charge on any atom is -0.346 e. The molecule has 2 aromatic carbocycles. The molecular formula is C24H24N4O2. The molecule has 1 aromatic heterocycles. The second-order valence-electron chi connectivity index (χ2n) is 7.25. The summed E-state index contributed by atoms with van der Waals surface area (Å²) in [4.78, 5) is 24.3. The highest BCUT2D eigenvalue weighted by Gasteiger charge is 2.08. The molecule has 0 atom stereocenters. The van der Waals surface area contributed by atoms with Crippen LogP contribution in [-0.2, 0) is 16.1 Å². The maximum absolute atomic E-state index is 12.4. The Morgan fingerprint density at radius 3 is 2.57 bits per heavy atom. The Balaban J connectivity index is 1.73. The monoisotopic (exact) mass is 400 g/mol. The van der Waals surface area contributed by atoms with Crippen LogP contribution < -0.4 is 10.6 Å². The molecule has 0 aliphatic rings. The highest BCUT2D eigenvalue weighted by atomic mass is 16.2. The molecular weight excluding hydrogens is 376 g/mol. The first-order valence-electron chi connectivity index (χ1n) is 9.82. The van der Waals surface area contributed by atoms with Crippen molar-refractivity contribution in [3.8, 4) is 6.07 Å². The van der Waals surface area contributed by atoms with Crippen LogP contribution in [-0.4, -0.2) is 16.4 Å². The Bertz CT molecular complexity index is 1140. The summed E-state index contributed by atoms with van der Waals surface area (Å²) in [5.74, 6) is -0.469. The van der Waals surface area contributed by atoms with Crippen molar-refractivity contribution >= 4 is 40.2 Å². The molecule has 152 valence electrons. The first-order valence-corrected chi connectivity index (χ1v) is 9.82. The number of para-hydroxylation sites is 1. The van der Waals surface area contributed by atoms with E-state index >= 15 is 0 Å². The molecule has 30 heavy (non-hydrogen) atoms. The van der Waals surface area contributed by atoms with Crippen LogP contribution in [0.15, 0.2) is 60.8 Å². The van der Waals surface area contributed by atoms with E-state index in [0.717, 1.165) is 16.5 Å². The zero-order valence-electron chi connectivity index (χ0n) is 17.1. The van der Waals surface area contributed by atoms with Gasteiger partial charge < -0.3 is 15.2 Å². The van der Waals surface area contributed by atoms with E-state index < -0.39 is 0 Å². The van der Waals surface area contributed by atoms with Gasteiger partial charge in [-0.1, -0.05) is 38.1 Å². The SMILES string of the molecule is CC(C)C(=O)Nc1cccc(NC(=O)/C=C/c2cn(CCC#N)c3ccccc23)c1. The summed E-state index contributed by atoms with van der Waals surface area (Å²) < 4.78 is 2.02. The largest absolute Gasteiger partial charge is 0.346 e. The fourth-order valence-electron chi connectivity index (χ4n) is 3.07. The van der Waals surface area contributed by atoms with Crippen molar-refractivity contribution in [1.29, 1.82) is 5.26 Å². The molecule has 3 aromatic rings. The quantitative estimate of drug-likeness (QED) is 0.559. The van der Waals surface area contributed by atoms with Gasteiger partial charge in [0.1, 0.15) is 0 Å². The van der Waals surface area contributed by atoms with Crippen molar-refractivity contribution in [1.82, 2.24) is 4.57 Å². The van der Waals surface area contributed by atoms with E-state index in [4.69, 9.17) is 5.26 Å². The Morgan fingerprint density at radius 1 is 1.10 bits per heavy atom. The number of nitrogens with zero attached hydrogens (tertiary/aromatic N) is 2. The van der Waals surface area contributed by atoms with Crippen LogP contribution in [0.3, 0.4) is 0 Å². The van der Waals surface area contributed by atoms with Gasteiger partial charge in [0.15, 0.2) is 0 Å². The van der Waals surface area contributed by atoms with Gasteiger partial charge in [0, 0.05) is 52.6 Å². The molecule has 2 amide bonds. The highest BCUT2D eigenvalue weighted by Crippen LogP contribution is 2.23. The van der Waals surface area contributed by atoms with Gasteiger partial charge in [-0.05, 0) is 30.3 Å². The highest BCUT2D eigenvalue weighted by molar-refractivity contribution is 6.04. The Kier molecular flexibility index (Phi) is 6.66. The normalized spacial score (nSPS) is 11.0. The minimum absolute atomic E-state index is 0.0776. The average molecular weight is 400 g/mol. The third kappa shape index (κ3) is 5.15. The van der Waals surface area contributed by atoms with Crippen LogP contribution in [0.25, 0.3) is 17.0 Å². The molecule has 1 heterocycles. The molecule has 0 saturated carbocycles. The lowest BCUT2D eigenvalue weighted by molar-refractivity contribution is -0.119. The Morgan fingerprint density at radius 2 is 1.83 bits per heavy atom. The number of amides is 2. The van der Waals surface area contributed by atoms with Gasteiger partial charge in [0.2, 0.25) is 11.8 Å². The smallest absolute Gasteiger partial charge is 0.248 e. The van der Waals surface area contributed by atoms with Crippen molar-refractivity contribution in [3.05, 3.63) is 66.4 Å². The van der Waals surface area contributed by atoms with Crippen LogP contribution in [0.4, 0.5) is 11.4 Å². The maximum atomic E-state index is 12.4. The van der Waals surface area contributed by atoms with Gasteiger partial charge in [-0.25, -0.2) is 0 Å². The van der Waals surface area contributed by atoms with Crippen molar-refractivity contribution in [3.63, 3.8) is 0 Å². The molecule has 6 heteroatoms. The molecule has 0 bridgehead atoms. The van der Waals surface area contributed by atoms with Gasteiger partial charge in [-0.2, -0.15) is 5.26 Å². The van der Waals surface area contributed by atoms with Crippen LogP contribution in [0.5, 0.6) is 0 Å². The fourth-order valence-corrected chi connectivity index (χ4v) is 3.07. The summed E-state index contributed by atoms with van der Waals surface area (Å²) in [7, 11) is 0. The second kappa shape index (κ2) is 9.57. The van der Waals surface area contributed by atoms with Crippen LogP contribution in [0.1, 0.15) is 25.8 Å². The van der Waals surface area contributed by atoms with E-state index in [0.29, 0.717) is 24.3 Å². The molecule has 0 aliphatic carbocycles. The standard InChI is InChI=1S/C24H24N4O2/c1-17(2)24(30)27-20-8-5-7-19(15-20)26-23(29)12-11-18-16-28(14-6-13-25)22-10-4-3-9-21(18)22/h3-5,7-12,15-17H,6,14H2,1-2H3,(H,26,29)(H,27,30)/b12-11+. The van der Waals surface area contributed by atoms with Crippen molar-refractivity contribution < 1.29 is 9.59 Å². The number of nitriles is 1. The third-order valence-electron chi connectivity index (χ3n) is 4.62. The number of carbonyl (C=O) groups is 2. The van der Waals surface area contributed by atoms with Crippen molar-refractivity contribution in [2.45, 2.75) is 26.8 Å². The first kappa shape index (κ1) is 20.9. The van der Waals surface area contributed by atoms with E-state index in [1.807, 2.05) is 48.9 Å². The molecule has 0 spiro atoms. The zero-order valence-corrected chi connectivity index (χ0v) is 17.1. The topological polar surface area (TPSA) is 86.9 Å². The number of carbonyl (C=O) groups excluding carboxylic acids is 2. The number of hydrogen-bond donors (Lipinski definition) is 2. The van der Waals surface area contributed by atoms with Crippen molar-refractivity contribution in [2.75, 3.05) is 10.6 Å². The van der Waals surface area contributed by atoms with E-state index in [9.17, 15) is 9.59 Å². The van der Waals surface area contributed by atoms with Gasteiger partial charge in [-0.3, -0.25) is 9.59 Å². The number of nitrogens with one attached hydrogen (secondary N) is 2. The Labute approximate surface area is 175 Å². The lowest BCUT2D eigenvalue weighted by atomic mass is 10.1. The molecule has 6 nitrogen and oxygen atoms in total. The lowest BCUT2D eigenvalue weighted by Gasteiger charge is -2.09. The van der Waals surface area contributed by atoms with Gasteiger partial charge >= 0.3 is 0 Å². The molecule has 0 fully saturated rings. The number of fused-ring (bicyclic) bond motifs is 1. The number of rotatable bonds is 7. The molecule has 0 saturated heterocycles. The summed E-state index contributed by atoms with van der Waals surface area (Å²) in [5, 5.41) is 15.5. The van der Waals surface area contributed by atoms with Crippen LogP contribution >= 0.6 is 0 Å². The number of benzene rings is 2. The Hall–Kier alpha value is -3.85. The van der Waals surface area contributed by atoms with Gasteiger partial charge in [0.25, 0.3) is 0 Å². The van der Waals surface area contributed by atoms with E-state index in [1.54, 1.807) is 30.3 Å².